The fourth-order valence-corrected chi connectivity index (χ4v) is 3.04. The van der Waals surface area contributed by atoms with Gasteiger partial charge in [-0.15, -0.1) is 0 Å². The van der Waals surface area contributed by atoms with E-state index in [2.05, 4.69) is 4.98 Å². The highest BCUT2D eigenvalue weighted by Crippen LogP contribution is 2.28. The summed E-state index contributed by atoms with van der Waals surface area (Å²) in [7, 11) is 0. The Bertz CT molecular complexity index is 1070. The van der Waals surface area contributed by atoms with Crippen LogP contribution in [-0.4, -0.2) is 25.2 Å². The lowest BCUT2D eigenvalue weighted by molar-refractivity contribution is -0.137. The largest absolute Gasteiger partial charge is 0.480 e. The van der Waals surface area contributed by atoms with Gasteiger partial charge in [-0.2, -0.15) is 0 Å². The Morgan fingerprint density at radius 1 is 1.21 bits per heavy atom. The van der Waals surface area contributed by atoms with Gasteiger partial charge in [-0.25, -0.2) is 0 Å². The molecule has 124 valence electrons. The van der Waals surface area contributed by atoms with Gasteiger partial charge >= 0.3 is 17.1 Å². The first kappa shape index (κ1) is 16.1. The molecule has 1 aromatic carbocycles. The van der Waals surface area contributed by atoms with Gasteiger partial charge in [-0.1, -0.05) is 11.6 Å². The molecular formula is C16H14ClN3O4. The van der Waals surface area contributed by atoms with Gasteiger partial charge in [0.25, 0.3) is 0 Å². The topological polar surface area (TPSA) is 97.1 Å². The quantitative estimate of drug-likeness (QED) is 0.706. The molecule has 0 radical (unpaired) electrons. The summed E-state index contributed by atoms with van der Waals surface area (Å²) in [5.74, 6) is -1.22. The van der Waals surface area contributed by atoms with Crippen LogP contribution < -0.4 is 11.1 Å². The first-order chi connectivity index (χ1) is 11.3. The van der Waals surface area contributed by atoms with Crippen LogP contribution in [0.25, 0.3) is 16.7 Å². The number of aromatic nitrogens is 3. The summed E-state index contributed by atoms with van der Waals surface area (Å²) in [5.41, 5.74) is 1.34. The molecule has 3 rings (SSSR count). The lowest BCUT2D eigenvalue weighted by atomic mass is 10.2. The predicted molar refractivity (Wildman–Crippen MR) is 90.3 cm³/mol. The average Bonchev–Trinajstić information content (AvgIpc) is 2.83. The lowest BCUT2D eigenvalue weighted by Crippen LogP contribution is -2.37. The Hall–Kier alpha value is -2.80. The highest BCUT2D eigenvalue weighted by atomic mass is 35.5. The predicted octanol–water partition coefficient (Wildman–Crippen LogP) is 1.84. The van der Waals surface area contributed by atoms with Crippen molar-refractivity contribution in [1.82, 2.24) is 14.1 Å². The van der Waals surface area contributed by atoms with Crippen LogP contribution in [0.3, 0.4) is 0 Å². The molecule has 0 aliphatic heterocycles. The average molecular weight is 348 g/mol. The Kier molecular flexibility index (Phi) is 3.81. The maximum Gasteiger partial charge on any atom is 0.323 e. The fraction of sp³-hybridized carbons (Fsp3) is 0.188. The molecular weight excluding hydrogens is 334 g/mol. The molecule has 2 N–H and O–H groups in total. The molecule has 0 aliphatic carbocycles. The summed E-state index contributed by atoms with van der Waals surface area (Å²) in [6.07, 6.45) is 0. The van der Waals surface area contributed by atoms with E-state index >= 15 is 0 Å². The van der Waals surface area contributed by atoms with Gasteiger partial charge in [0.2, 0.25) is 0 Å². The van der Waals surface area contributed by atoms with Crippen molar-refractivity contribution in [3.63, 3.8) is 0 Å². The van der Waals surface area contributed by atoms with Crippen LogP contribution in [0.15, 0.2) is 33.9 Å². The highest BCUT2D eigenvalue weighted by molar-refractivity contribution is 6.33. The van der Waals surface area contributed by atoms with Crippen LogP contribution in [0.5, 0.6) is 0 Å². The van der Waals surface area contributed by atoms with E-state index in [1.54, 1.807) is 6.07 Å². The number of H-pyrrole nitrogens is 1. The van der Waals surface area contributed by atoms with Crippen molar-refractivity contribution in [3.05, 3.63) is 61.4 Å². The maximum absolute atomic E-state index is 12.0. The summed E-state index contributed by atoms with van der Waals surface area (Å²) < 4.78 is 2.81. The van der Waals surface area contributed by atoms with Gasteiger partial charge in [0.15, 0.2) is 0 Å². The van der Waals surface area contributed by atoms with Crippen LogP contribution in [0.4, 0.5) is 0 Å². The maximum atomic E-state index is 12.0. The first-order valence-corrected chi connectivity index (χ1v) is 7.51. The summed E-state index contributed by atoms with van der Waals surface area (Å²) in [5, 5.41) is 9.32. The van der Waals surface area contributed by atoms with Crippen LogP contribution in [-0.2, 0) is 11.3 Å². The number of rotatable bonds is 3. The van der Waals surface area contributed by atoms with Gasteiger partial charge < -0.3 is 14.7 Å². The molecule has 0 unspecified atom stereocenters. The van der Waals surface area contributed by atoms with Crippen molar-refractivity contribution < 1.29 is 9.90 Å². The fourth-order valence-electron chi connectivity index (χ4n) is 2.79. The van der Waals surface area contributed by atoms with E-state index in [9.17, 15) is 14.4 Å². The van der Waals surface area contributed by atoms with Crippen molar-refractivity contribution in [2.45, 2.75) is 20.4 Å². The number of benzene rings is 1. The number of hydrogen-bond donors (Lipinski definition) is 2. The smallest absolute Gasteiger partial charge is 0.323 e. The molecule has 0 aliphatic rings. The van der Waals surface area contributed by atoms with Crippen molar-refractivity contribution in [1.29, 1.82) is 0 Å². The molecule has 24 heavy (non-hydrogen) atoms. The number of nitrogens with zero attached hydrogens (tertiary/aromatic N) is 2. The number of halogens is 1. The monoisotopic (exact) mass is 347 g/mol. The summed E-state index contributed by atoms with van der Waals surface area (Å²) in [4.78, 5) is 37.3. The number of nitrogens with one attached hydrogen (secondary N) is 1. The minimum Gasteiger partial charge on any atom is -0.480 e. The second kappa shape index (κ2) is 5.68. The number of aromatic amines is 1. The Morgan fingerprint density at radius 3 is 2.42 bits per heavy atom. The molecule has 0 amide bonds. The summed E-state index contributed by atoms with van der Waals surface area (Å²) in [6.45, 7) is 3.22. The summed E-state index contributed by atoms with van der Waals surface area (Å²) >= 11 is 6.36. The molecule has 0 atom stereocenters. The van der Waals surface area contributed by atoms with Crippen molar-refractivity contribution in [3.8, 4) is 5.69 Å². The van der Waals surface area contributed by atoms with Crippen LogP contribution >= 0.6 is 11.6 Å². The van der Waals surface area contributed by atoms with Gasteiger partial charge in [0.1, 0.15) is 6.54 Å². The number of fused-ring (bicyclic) bond motifs is 1. The standard InChI is InChI=1S/C16H14ClN3O4/c1-8-3-4-9(2)20(8)12-6-11-13(5-10(12)17)19(7-14(21)22)16(24)15(23)18-11/h3-6H,7H2,1-2H3,(H,18,23)(H,21,22). The van der Waals surface area contributed by atoms with E-state index in [0.29, 0.717) is 16.2 Å². The van der Waals surface area contributed by atoms with E-state index in [0.717, 1.165) is 16.0 Å². The first-order valence-electron chi connectivity index (χ1n) is 7.13. The van der Waals surface area contributed by atoms with Crippen molar-refractivity contribution in [2.24, 2.45) is 0 Å². The molecule has 0 spiro atoms. The molecule has 3 aromatic rings. The molecule has 0 fully saturated rings. The second-order valence-electron chi connectivity index (χ2n) is 5.51. The number of carbonyl (C=O) groups is 1. The number of carboxylic acids is 1. The Morgan fingerprint density at radius 2 is 1.83 bits per heavy atom. The van der Waals surface area contributed by atoms with Gasteiger partial charge in [-0.3, -0.25) is 19.0 Å². The number of aryl methyl sites for hydroxylation is 2. The van der Waals surface area contributed by atoms with Gasteiger partial charge in [-0.05, 0) is 38.1 Å². The van der Waals surface area contributed by atoms with Crippen LogP contribution in [0.1, 0.15) is 11.4 Å². The zero-order valence-electron chi connectivity index (χ0n) is 13.0. The number of aliphatic carboxylic acids is 1. The van der Waals surface area contributed by atoms with E-state index < -0.39 is 23.6 Å². The second-order valence-corrected chi connectivity index (χ2v) is 5.92. The van der Waals surface area contributed by atoms with E-state index in [-0.39, 0.29) is 5.52 Å². The number of hydrogen-bond acceptors (Lipinski definition) is 3. The lowest BCUT2D eigenvalue weighted by Gasteiger charge is -2.14. The third-order valence-electron chi connectivity index (χ3n) is 3.85. The summed E-state index contributed by atoms with van der Waals surface area (Å²) in [6, 6.07) is 7.00. The van der Waals surface area contributed by atoms with E-state index in [1.807, 2.05) is 30.5 Å². The normalized spacial score (nSPS) is 11.1. The van der Waals surface area contributed by atoms with E-state index in [1.165, 1.54) is 6.07 Å². The third-order valence-corrected chi connectivity index (χ3v) is 4.15. The van der Waals surface area contributed by atoms with Crippen LogP contribution in [0.2, 0.25) is 5.02 Å². The van der Waals surface area contributed by atoms with Crippen molar-refractivity contribution >= 4 is 28.6 Å². The molecule has 2 heterocycles. The van der Waals surface area contributed by atoms with Crippen molar-refractivity contribution in [2.75, 3.05) is 0 Å². The van der Waals surface area contributed by atoms with E-state index in [4.69, 9.17) is 16.7 Å². The third kappa shape index (κ3) is 2.52. The number of carboxylic acid groups (broad SMARTS) is 1. The molecule has 7 nitrogen and oxygen atoms in total. The molecule has 0 saturated heterocycles. The minimum absolute atomic E-state index is 0.262. The Labute approximate surface area is 140 Å². The van der Waals surface area contributed by atoms with Gasteiger partial charge in [0.05, 0.1) is 21.7 Å². The molecule has 0 bridgehead atoms. The zero-order chi connectivity index (χ0) is 17.6. The Balaban J connectivity index is 2.38. The molecule has 8 heteroatoms. The molecule has 0 saturated carbocycles. The highest BCUT2D eigenvalue weighted by Gasteiger charge is 2.15. The SMILES string of the molecule is Cc1ccc(C)n1-c1cc2[nH]c(=O)c(=O)n(CC(=O)O)c2cc1Cl. The zero-order valence-corrected chi connectivity index (χ0v) is 13.7. The van der Waals surface area contributed by atoms with Gasteiger partial charge in [0, 0.05) is 11.4 Å². The van der Waals surface area contributed by atoms with Crippen LogP contribution in [0, 0.1) is 13.8 Å². The molecule has 2 aromatic heterocycles. The minimum atomic E-state index is -1.22.